The zero-order chi connectivity index (χ0) is 20.0. The predicted octanol–water partition coefficient (Wildman–Crippen LogP) is 2.99. The van der Waals surface area contributed by atoms with E-state index in [0.29, 0.717) is 0 Å². The Morgan fingerprint density at radius 3 is 1.00 bits per heavy atom. The monoisotopic (exact) mass is 516 g/mol. The van der Waals surface area contributed by atoms with Gasteiger partial charge in [-0.15, -0.1) is 18.7 Å². The Morgan fingerprint density at radius 1 is 0.481 bits per heavy atom. The van der Waals surface area contributed by atoms with Crippen molar-refractivity contribution in [3.63, 3.8) is 0 Å². The fourth-order valence-corrected chi connectivity index (χ4v) is 8.91. The van der Waals surface area contributed by atoms with E-state index in [1.807, 2.05) is 0 Å². The molecule has 0 rings (SSSR count). The summed E-state index contributed by atoms with van der Waals surface area (Å²) in [5.41, 5.74) is 0. The number of halogens is 1. The van der Waals surface area contributed by atoms with E-state index in [1.165, 1.54) is 84.1 Å². The normalized spacial score (nSPS) is 12.4. The number of hydrogen-bond acceptors (Lipinski definition) is 4. The van der Waals surface area contributed by atoms with Crippen LogP contribution in [0, 0.1) is 0 Å². The number of hydrogen-bond donors (Lipinski definition) is 0. The van der Waals surface area contributed by atoms with Gasteiger partial charge in [0.15, 0.2) is 0 Å². The van der Waals surface area contributed by atoms with Crippen LogP contribution in [0.2, 0.25) is 0 Å². The molecular weight excluding hydrogens is 466 g/mol. The average molecular weight is 517 g/mol. The van der Waals surface area contributed by atoms with Crippen LogP contribution in [-0.4, -0.2) is 72.5 Å². The Morgan fingerprint density at radius 2 is 0.778 bits per heavy atom. The van der Waals surface area contributed by atoms with Gasteiger partial charge in [0.1, 0.15) is 0 Å². The van der Waals surface area contributed by atoms with E-state index in [9.17, 15) is 0 Å². The summed E-state index contributed by atoms with van der Waals surface area (Å²) >= 11 is 0. The summed E-state index contributed by atoms with van der Waals surface area (Å²) in [6.45, 7) is 17.6. The molecule has 0 saturated carbocycles. The summed E-state index contributed by atoms with van der Waals surface area (Å²) in [6.07, 6.45) is 10.1. The third kappa shape index (κ3) is 9.13. The van der Waals surface area contributed by atoms with Crippen LogP contribution in [0.15, 0.2) is 0 Å². The summed E-state index contributed by atoms with van der Waals surface area (Å²) in [6, 6.07) is 0. The molecule has 0 fully saturated rings. The molecule has 0 radical (unpaired) electrons. The highest BCUT2D eigenvalue weighted by Crippen LogP contribution is 2.68. The molecule has 0 unspecified atom stereocenters. The maximum absolute atomic E-state index is 2.86. The molecule has 0 bridgehead atoms. The van der Waals surface area contributed by atoms with Crippen molar-refractivity contribution in [1.29, 1.82) is 0 Å². The lowest BCUT2D eigenvalue weighted by atomic mass is 10.3. The lowest BCUT2D eigenvalue weighted by Crippen LogP contribution is -3.00. The van der Waals surface area contributed by atoms with Crippen LogP contribution in [0.3, 0.4) is 0 Å². The van der Waals surface area contributed by atoms with E-state index >= 15 is 0 Å². The van der Waals surface area contributed by atoms with Crippen molar-refractivity contribution in [3.8, 4) is 0 Å². The summed E-state index contributed by atoms with van der Waals surface area (Å²) in [7, 11) is 5.52. The smallest absolute Gasteiger partial charge is 0.307 e. The van der Waals surface area contributed by atoms with Gasteiger partial charge in [-0.05, 0) is 32.1 Å². The molecule has 27 heavy (non-hydrogen) atoms. The molecule has 6 heteroatoms. The largest absolute Gasteiger partial charge is 1.00 e. The first-order valence-electron chi connectivity index (χ1n) is 11.3. The van der Waals surface area contributed by atoms with Crippen LogP contribution < -0.4 is 24.0 Å². The van der Waals surface area contributed by atoms with Crippen molar-refractivity contribution < 1.29 is 24.0 Å². The fourth-order valence-electron chi connectivity index (χ4n) is 3.89. The first kappa shape index (κ1) is 30.2. The molecule has 0 aliphatic heterocycles. The maximum atomic E-state index is 2.86. The van der Waals surface area contributed by atoms with Gasteiger partial charge in [0.05, 0.1) is 0 Å². The van der Waals surface area contributed by atoms with Crippen LogP contribution in [-0.2, 0) is 0 Å². The minimum Gasteiger partial charge on any atom is -1.00 e. The van der Waals surface area contributed by atoms with Crippen molar-refractivity contribution in [2.24, 2.45) is 0 Å². The molecule has 0 spiro atoms. The van der Waals surface area contributed by atoms with Crippen LogP contribution >= 0.6 is 7.87 Å². The van der Waals surface area contributed by atoms with E-state index in [0.717, 1.165) is 0 Å². The molecule has 0 heterocycles. The zero-order valence-corrected chi connectivity index (χ0v) is 22.9. The van der Waals surface area contributed by atoms with Gasteiger partial charge in [-0.25, -0.2) is 0 Å². The van der Waals surface area contributed by atoms with E-state index in [2.05, 4.69) is 74.4 Å². The summed E-state index contributed by atoms with van der Waals surface area (Å²) in [5.74, 6) is 0. The van der Waals surface area contributed by atoms with Gasteiger partial charge in [0.2, 0.25) is 0 Å². The Bertz CT molecular complexity index is 291. The topological polar surface area (TPSA) is 13.0 Å². The van der Waals surface area contributed by atoms with E-state index in [-0.39, 0.29) is 24.0 Å². The molecule has 0 aromatic heterocycles. The Labute approximate surface area is 190 Å². The molecule has 0 N–H and O–H groups in total. The van der Waals surface area contributed by atoms with Crippen LogP contribution in [0.1, 0.15) is 86.0 Å². The molecule has 0 atom stereocenters. The molecule has 166 valence electrons. The molecule has 0 aliphatic carbocycles. The average Bonchev–Trinajstić information content (AvgIpc) is 2.63. The second-order valence-electron chi connectivity index (χ2n) is 7.69. The van der Waals surface area contributed by atoms with E-state index in [4.69, 9.17) is 0 Å². The minimum absolute atomic E-state index is 0. The molecule has 0 saturated heterocycles. The van der Waals surface area contributed by atoms with Crippen LogP contribution in [0.25, 0.3) is 0 Å². The fraction of sp³-hybridized carbons (Fsp3) is 1.00. The molecule has 0 aromatic carbocycles. The highest BCUT2D eigenvalue weighted by Gasteiger charge is 2.56. The number of rotatable bonds is 17. The summed E-state index contributed by atoms with van der Waals surface area (Å²) in [4.78, 5) is 0. The first-order chi connectivity index (χ1) is 12.5. The molecule has 4 nitrogen and oxygen atoms in total. The Kier molecular flexibility index (Phi) is 19.9. The van der Waals surface area contributed by atoms with E-state index in [1.54, 1.807) is 0 Å². The van der Waals surface area contributed by atoms with Crippen molar-refractivity contribution in [2.75, 3.05) is 53.9 Å². The summed E-state index contributed by atoms with van der Waals surface area (Å²) in [5, 5.41) is 0. The van der Waals surface area contributed by atoms with Gasteiger partial charge >= 0.3 is 7.87 Å². The maximum Gasteiger partial charge on any atom is 0.307 e. The molecule has 0 aliphatic rings. The van der Waals surface area contributed by atoms with Crippen LogP contribution in [0.5, 0.6) is 0 Å². The second kappa shape index (κ2) is 17.8. The van der Waals surface area contributed by atoms with Crippen molar-refractivity contribution in [1.82, 2.24) is 18.7 Å². The zero-order valence-electron chi connectivity index (χ0n) is 19.8. The highest BCUT2D eigenvalue weighted by atomic mass is 127. The van der Waals surface area contributed by atoms with Gasteiger partial charge in [0, 0.05) is 53.9 Å². The lowest BCUT2D eigenvalue weighted by Gasteiger charge is -2.48. The standard InChI is InChI=1S/C21H50N4P.HI/c1-9-14-19-22(6)26(23(7)20-15-10-2,24(8)21-16-11-3)25(17-12-4)18-13-5;/h9-21H2,1-8H3;1H/q+1;/p-1. The van der Waals surface area contributed by atoms with Gasteiger partial charge in [-0.3, -0.25) is 0 Å². The third-order valence-corrected chi connectivity index (χ3v) is 9.73. The van der Waals surface area contributed by atoms with Crippen molar-refractivity contribution >= 4 is 7.87 Å². The Balaban J connectivity index is 0. The van der Waals surface area contributed by atoms with Gasteiger partial charge in [0.25, 0.3) is 0 Å². The van der Waals surface area contributed by atoms with Crippen LogP contribution in [0.4, 0.5) is 0 Å². The molecular formula is C21H50IN4P. The number of nitrogens with zero attached hydrogens (tertiary/aromatic N) is 4. The van der Waals surface area contributed by atoms with E-state index < -0.39 is 7.87 Å². The van der Waals surface area contributed by atoms with Crippen molar-refractivity contribution in [2.45, 2.75) is 86.0 Å². The second-order valence-corrected chi connectivity index (χ2v) is 11.4. The number of unbranched alkanes of at least 4 members (excludes halogenated alkanes) is 3. The van der Waals surface area contributed by atoms with Crippen molar-refractivity contribution in [3.05, 3.63) is 0 Å². The first-order valence-corrected chi connectivity index (χ1v) is 12.9. The summed E-state index contributed by atoms with van der Waals surface area (Å²) < 4.78 is 11.1. The predicted molar refractivity (Wildman–Crippen MR) is 122 cm³/mol. The van der Waals surface area contributed by atoms with Gasteiger partial charge in [-0.2, -0.15) is 0 Å². The quantitative estimate of drug-likeness (QED) is 0.218. The lowest BCUT2D eigenvalue weighted by molar-refractivity contribution is -0.00000622. The highest BCUT2D eigenvalue weighted by molar-refractivity contribution is 7.66. The molecule has 0 amide bonds. The Hall–Kier alpha value is 1.00. The minimum atomic E-state index is -1.67. The third-order valence-electron chi connectivity index (χ3n) is 5.22. The van der Waals surface area contributed by atoms with Gasteiger partial charge < -0.3 is 24.0 Å². The van der Waals surface area contributed by atoms with Gasteiger partial charge in [-0.1, -0.05) is 53.9 Å². The molecule has 0 aromatic rings. The SMILES string of the molecule is CCCCN(C)[P+](N(C)CCCC)(N(C)CCCC)N(CCC)CCC.[I-].